The lowest BCUT2D eigenvalue weighted by Gasteiger charge is -2.36. The molecular formula is C12H22BrNO. The van der Waals surface area contributed by atoms with Crippen molar-refractivity contribution in [2.45, 2.75) is 58.9 Å². The Hall–Kier alpha value is -0.0500. The standard InChI is InChI=1S/C12H22BrNO/c1-9-7-5-6-8-10(9)11(15)14(13)12(2,3)4/h9-10H,5-8H2,1-4H3. The minimum Gasteiger partial charge on any atom is -0.274 e. The molecule has 2 nitrogen and oxygen atoms in total. The van der Waals surface area contributed by atoms with Crippen molar-refractivity contribution < 1.29 is 4.79 Å². The number of amides is 1. The van der Waals surface area contributed by atoms with Crippen molar-refractivity contribution in [3.63, 3.8) is 0 Å². The fourth-order valence-corrected chi connectivity index (χ4v) is 2.42. The maximum absolute atomic E-state index is 12.2. The Balaban J connectivity index is 2.66. The molecule has 1 saturated carbocycles. The van der Waals surface area contributed by atoms with Crippen LogP contribution in [0.5, 0.6) is 0 Å². The van der Waals surface area contributed by atoms with Crippen LogP contribution in [0.1, 0.15) is 53.4 Å². The highest BCUT2D eigenvalue weighted by Crippen LogP contribution is 2.33. The van der Waals surface area contributed by atoms with E-state index in [9.17, 15) is 4.79 Å². The molecule has 0 saturated heterocycles. The van der Waals surface area contributed by atoms with E-state index in [4.69, 9.17) is 0 Å². The van der Waals surface area contributed by atoms with Gasteiger partial charge in [0.15, 0.2) is 0 Å². The summed E-state index contributed by atoms with van der Waals surface area (Å²) >= 11 is 3.41. The zero-order valence-electron chi connectivity index (χ0n) is 10.2. The summed E-state index contributed by atoms with van der Waals surface area (Å²) < 4.78 is 1.73. The van der Waals surface area contributed by atoms with Crippen molar-refractivity contribution in [3.8, 4) is 0 Å². The van der Waals surface area contributed by atoms with Gasteiger partial charge in [-0.1, -0.05) is 19.8 Å². The molecule has 15 heavy (non-hydrogen) atoms. The first-order valence-corrected chi connectivity index (χ1v) is 6.55. The van der Waals surface area contributed by atoms with E-state index in [1.165, 1.54) is 19.3 Å². The molecule has 2 unspecified atom stereocenters. The number of rotatable bonds is 1. The fourth-order valence-electron chi connectivity index (χ4n) is 2.16. The van der Waals surface area contributed by atoms with Gasteiger partial charge < -0.3 is 0 Å². The highest BCUT2D eigenvalue weighted by atomic mass is 79.9. The van der Waals surface area contributed by atoms with Gasteiger partial charge in [0, 0.05) is 11.5 Å². The van der Waals surface area contributed by atoms with Gasteiger partial charge in [-0.25, -0.2) is 0 Å². The molecule has 0 radical (unpaired) electrons. The Morgan fingerprint density at radius 3 is 2.27 bits per heavy atom. The molecule has 0 aromatic heterocycles. The van der Waals surface area contributed by atoms with Gasteiger partial charge in [0.1, 0.15) is 0 Å². The number of halogens is 1. The predicted molar refractivity (Wildman–Crippen MR) is 66.6 cm³/mol. The Morgan fingerprint density at radius 1 is 1.27 bits per heavy atom. The van der Waals surface area contributed by atoms with Crippen molar-refractivity contribution in [2.75, 3.05) is 0 Å². The molecule has 88 valence electrons. The smallest absolute Gasteiger partial charge is 0.236 e. The number of hydrogen-bond donors (Lipinski definition) is 0. The second-order valence-electron chi connectivity index (χ2n) is 5.66. The van der Waals surface area contributed by atoms with E-state index in [0.717, 1.165) is 6.42 Å². The van der Waals surface area contributed by atoms with Crippen LogP contribution in [0.15, 0.2) is 0 Å². The van der Waals surface area contributed by atoms with E-state index in [1.807, 2.05) is 20.8 Å². The molecule has 0 heterocycles. The van der Waals surface area contributed by atoms with Crippen LogP contribution in [0.3, 0.4) is 0 Å². The number of hydrogen-bond acceptors (Lipinski definition) is 1. The van der Waals surface area contributed by atoms with Gasteiger partial charge in [0.2, 0.25) is 5.91 Å². The Labute approximate surface area is 102 Å². The molecule has 1 aliphatic carbocycles. The summed E-state index contributed by atoms with van der Waals surface area (Å²) in [5, 5.41) is 0. The summed E-state index contributed by atoms with van der Waals surface area (Å²) in [7, 11) is 0. The molecule has 1 amide bonds. The second kappa shape index (κ2) is 4.86. The quantitative estimate of drug-likeness (QED) is 0.668. The third kappa shape index (κ3) is 3.20. The number of carbonyl (C=O) groups excluding carboxylic acids is 1. The van der Waals surface area contributed by atoms with Crippen LogP contribution in [0.4, 0.5) is 0 Å². The number of carbonyl (C=O) groups is 1. The second-order valence-corrected chi connectivity index (χ2v) is 6.37. The average molecular weight is 276 g/mol. The molecule has 1 aliphatic rings. The zero-order valence-corrected chi connectivity index (χ0v) is 11.8. The van der Waals surface area contributed by atoms with Crippen molar-refractivity contribution in [2.24, 2.45) is 11.8 Å². The molecule has 3 heteroatoms. The molecule has 1 rings (SSSR count). The van der Waals surface area contributed by atoms with Crippen LogP contribution in [0.25, 0.3) is 0 Å². The summed E-state index contributed by atoms with van der Waals surface area (Å²) in [6, 6.07) is 0. The summed E-state index contributed by atoms with van der Waals surface area (Å²) in [5.74, 6) is 1.01. The topological polar surface area (TPSA) is 20.3 Å². The van der Waals surface area contributed by atoms with Crippen molar-refractivity contribution in [1.29, 1.82) is 0 Å². The van der Waals surface area contributed by atoms with Gasteiger partial charge in [0.25, 0.3) is 0 Å². The minimum absolute atomic E-state index is 0.131. The summed E-state index contributed by atoms with van der Waals surface area (Å²) in [6.07, 6.45) is 4.73. The normalized spacial score (nSPS) is 27.5. The summed E-state index contributed by atoms with van der Waals surface area (Å²) in [6.45, 7) is 8.35. The predicted octanol–water partition coefficient (Wildman–Crippen LogP) is 3.75. The van der Waals surface area contributed by atoms with E-state index in [0.29, 0.717) is 5.92 Å². The van der Waals surface area contributed by atoms with Crippen LogP contribution in [-0.2, 0) is 4.79 Å². The largest absolute Gasteiger partial charge is 0.274 e. The van der Waals surface area contributed by atoms with Gasteiger partial charge in [-0.15, -0.1) is 0 Å². The van der Waals surface area contributed by atoms with E-state index < -0.39 is 0 Å². The molecule has 0 bridgehead atoms. The molecule has 0 aromatic carbocycles. The first-order chi connectivity index (χ1) is 6.84. The molecule has 0 spiro atoms. The highest BCUT2D eigenvalue weighted by molar-refractivity contribution is 9.07. The Bertz CT molecular complexity index is 234. The van der Waals surface area contributed by atoms with Crippen LogP contribution in [0.2, 0.25) is 0 Å². The number of nitrogens with zero attached hydrogens (tertiary/aromatic N) is 1. The third-order valence-electron chi connectivity index (χ3n) is 3.21. The first-order valence-electron chi connectivity index (χ1n) is 5.84. The van der Waals surface area contributed by atoms with Crippen molar-refractivity contribution in [3.05, 3.63) is 0 Å². The van der Waals surface area contributed by atoms with Gasteiger partial charge in [-0.2, -0.15) is 0 Å². The van der Waals surface area contributed by atoms with Crippen LogP contribution < -0.4 is 0 Å². The van der Waals surface area contributed by atoms with E-state index in [-0.39, 0.29) is 17.4 Å². The third-order valence-corrected chi connectivity index (χ3v) is 4.62. The van der Waals surface area contributed by atoms with E-state index >= 15 is 0 Å². The molecule has 1 fully saturated rings. The Kier molecular flexibility index (Phi) is 4.21. The van der Waals surface area contributed by atoms with Crippen LogP contribution >= 0.6 is 16.1 Å². The van der Waals surface area contributed by atoms with Gasteiger partial charge in [-0.05, 0) is 39.5 Å². The van der Waals surface area contributed by atoms with Crippen molar-refractivity contribution in [1.82, 2.24) is 3.93 Å². The van der Waals surface area contributed by atoms with Crippen LogP contribution in [0, 0.1) is 11.8 Å². The lowest BCUT2D eigenvalue weighted by atomic mass is 9.79. The zero-order chi connectivity index (χ0) is 11.6. The van der Waals surface area contributed by atoms with Gasteiger partial charge >= 0.3 is 0 Å². The average Bonchev–Trinajstić information content (AvgIpc) is 2.15. The first kappa shape index (κ1) is 13.0. The molecule has 0 aliphatic heterocycles. The molecular weight excluding hydrogens is 254 g/mol. The lowest BCUT2D eigenvalue weighted by Crippen LogP contribution is -2.43. The van der Waals surface area contributed by atoms with E-state index in [1.54, 1.807) is 3.93 Å². The molecule has 0 aromatic rings. The summed E-state index contributed by atoms with van der Waals surface area (Å²) in [4.78, 5) is 12.2. The van der Waals surface area contributed by atoms with Crippen molar-refractivity contribution >= 4 is 22.1 Å². The lowest BCUT2D eigenvalue weighted by molar-refractivity contribution is -0.135. The maximum atomic E-state index is 12.2. The SMILES string of the molecule is CC1CCCCC1C(=O)N(Br)C(C)(C)C. The molecule has 0 N–H and O–H groups in total. The minimum atomic E-state index is -0.131. The fraction of sp³-hybridized carbons (Fsp3) is 0.917. The Morgan fingerprint density at radius 2 is 1.80 bits per heavy atom. The van der Waals surface area contributed by atoms with Gasteiger partial charge in [-0.3, -0.25) is 8.72 Å². The van der Waals surface area contributed by atoms with E-state index in [2.05, 4.69) is 23.1 Å². The highest BCUT2D eigenvalue weighted by Gasteiger charge is 2.34. The molecule has 2 atom stereocenters. The van der Waals surface area contributed by atoms with Crippen LogP contribution in [-0.4, -0.2) is 15.4 Å². The maximum Gasteiger partial charge on any atom is 0.236 e. The monoisotopic (exact) mass is 275 g/mol. The summed E-state index contributed by atoms with van der Waals surface area (Å²) in [5.41, 5.74) is -0.131. The van der Waals surface area contributed by atoms with Gasteiger partial charge in [0.05, 0.1) is 16.1 Å².